The molecule has 1 aromatic rings. The fourth-order valence-corrected chi connectivity index (χ4v) is 1.64. The third kappa shape index (κ3) is 2.70. The molecule has 90 valence electrons. The molecule has 1 rings (SSSR count). The second kappa shape index (κ2) is 5.27. The predicted molar refractivity (Wildman–Crippen MR) is 59.4 cm³/mol. The van der Waals surface area contributed by atoms with Crippen LogP contribution in [0.15, 0.2) is 0 Å². The van der Waals surface area contributed by atoms with Crippen LogP contribution < -0.4 is 0 Å². The van der Waals surface area contributed by atoms with Crippen molar-refractivity contribution < 1.29 is 9.66 Å². The summed E-state index contributed by atoms with van der Waals surface area (Å²) in [6.45, 7) is 4.60. The van der Waals surface area contributed by atoms with Gasteiger partial charge in [0.1, 0.15) is 0 Å². The Morgan fingerprint density at radius 2 is 2.25 bits per heavy atom. The van der Waals surface area contributed by atoms with Crippen LogP contribution in [0.1, 0.15) is 19.5 Å². The van der Waals surface area contributed by atoms with E-state index in [4.69, 9.17) is 16.3 Å². The summed E-state index contributed by atoms with van der Waals surface area (Å²) in [7, 11) is 1.46. The summed E-state index contributed by atoms with van der Waals surface area (Å²) in [6.07, 6.45) is 0. The van der Waals surface area contributed by atoms with Gasteiger partial charge >= 0.3 is 5.69 Å². The highest BCUT2D eigenvalue weighted by Gasteiger charge is 2.26. The number of hydrogen-bond donors (Lipinski definition) is 0. The molecule has 0 N–H and O–H groups in total. The molecule has 16 heavy (non-hydrogen) atoms. The van der Waals surface area contributed by atoms with Gasteiger partial charge in [-0.2, -0.15) is 5.10 Å². The van der Waals surface area contributed by atoms with Crippen molar-refractivity contribution in [3.8, 4) is 0 Å². The van der Waals surface area contributed by atoms with Crippen molar-refractivity contribution in [2.75, 3.05) is 7.11 Å². The summed E-state index contributed by atoms with van der Waals surface area (Å²) >= 11 is 5.91. The van der Waals surface area contributed by atoms with Gasteiger partial charge in [-0.1, -0.05) is 25.4 Å². The van der Waals surface area contributed by atoms with E-state index in [0.717, 1.165) is 0 Å². The molecule has 0 radical (unpaired) electrons. The summed E-state index contributed by atoms with van der Waals surface area (Å²) in [5, 5.41) is 15.0. The largest absolute Gasteiger partial charge is 0.378 e. The SMILES string of the molecule is COCc1nn(CC(C)C)c(Cl)c1[N+](=O)[O-]. The lowest BCUT2D eigenvalue weighted by Crippen LogP contribution is -2.06. The van der Waals surface area contributed by atoms with E-state index in [0.29, 0.717) is 12.5 Å². The van der Waals surface area contributed by atoms with E-state index in [9.17, 15) is 10.1 Å². The van der Waals surface area contributed by atoms with Crippen LogP contribution in [0, 0.1) is 16.0 Å². The van der Waals surface area contributed by atoms with E-state index < -0.39 is 4.92 Å². The Balaban J connectivity index is 3.13. The number of rotatable bonds is 5. The Kier molecular flexibility index (Phi) is 4.26. The number of aromatic nitrogens is 2. The minimum absolute atomic E-state index is 0.0609. The fourth-order valence-electron chi connectivity index (χ4n) is 1.36. The Bertz CT molecular complexity index is 390. The van der Waals surface area contributed by atoms with Crippen molar-refractivity contribution in [1.29, 1.82) is 0 Å². The minimum atomic E-state index is -0.527. The van der Waals surface area contributed by atoms with Crippen LogP contribution in [0.3, 0.4) is 0 Å². The zero-order valence-corrected chi connectivity index (χ0v) is 10.2. The van der Waals surface area contributed by atoms with E-state index >= 15 is 0 Å². The standard InChI is InChI=1S/C9H14ClN3O3/c1-6(2)4-12-9(10)8(13(14)15)7(11-12)5-16-3/h6H,4-5H2,1-3H3. The highest BCUT2D eigenvalue weighted by molar-refractivity contribution is 6.31. The van der Waals surface area contributed by atoms with Crippen molar-refractivity contribution in [1.82, 2.24) is 9.78 Å². The Labute approximate surface area is 98.3 Å². The molecule has 7 heteroatoms. The number of hydrogen-bond acceptors (Lipinski definition) is 4. The van der Waals surface area contributed by atoms with Gasteiger partial charge in [0.2, 0.25) is 5.15 Å². The molecule has 6 nitrogen and oxygen atoms in total. The van der Waals surface area contributed by atoms with Gasteiger partial charge in [-0.3, -0.25) is 10.1 Å². The zero-order valence-electron chi connectivity index (χ0n) is 9.44. The van der Waals surface area contributed by atoms with E-state index in [2.05, 4.69) is 5.10 Å². The average molecular weight is 248 g/mol. The molecule has 0 aliphatic rings. The smallest absolute Gasteiger partial charge is 0.331 e. The molecule has 0 atom stereocenters. The van der Waals surface area contributed by atoms with Crippen LogP contribution in [0.5, 0.6) is 0 Å². The van der Waals surface area contributed by atoms with E-state index in [-0.39, 0.29) is 23.1 Å². The molecule has 1 aromatic heterocycles. The van der Waals surface area contributed by atoms with Crippen molar-refractivity contribution >= 4 is 17.3 Å². The van der Waals surface area contributed by atoms with Crippen molar-refractivity contribution in [2.45, 2.75) is 27.0 Å². The molecular weight excluding hydrogens is 234 g/mol. The number of nitrogens with zero attached hydrogens (tertiary/aromatic N) is 3. The summed E-state index contributed by atoms with van der Waals surface area (Å²) in [4.78, 5) is 10.3. The first-order valence-electron chi connectivity index (χ1n) is 4.85. The normalized spacial score (nSPS) is 11.1. The fraction of sp³-hybridized carbons (Fsp3) is 0.667. The third-order valence-electron chi connectivity index (χ3n) is 1.94. The minimum Gasteiger partial charge on any atom is -0.378 e. The quantitative estimate of drug-likeness (QED) is 0.591. The van der Waals surface area contributed by atoms with Gasteiger partial charge in [0.05, 0.1) is 11.5 Å². The van der Waals surface area contributed by atoms with Crippen LogP contribution in [0.2, 0.25) is 5.15 Å². The lowest BCUT2D eigenvalue weighted by molar-refractivity contribution is -0.385. The Morgan fingerprint density at radius 3 is 2.69 bits per heavy atom. The zero-order chi connectivity index (χ0) is 12.3. The third-order valence-corrected chi connectivity index (χ3v) is 2.31. The van der Waals surface area contributed by atoms with Gasteiger partial charge in [0.25, 0.3) is 0 Å². The Morgan fingerprint density at radius 1 is 1.62 bits per heavy atom. The summed E-state index contributed by atoms with van der Waals surface area (Å²) in [5.74, 6) is 0.312. The second-order valence-corrected chi connectivity index (χ2v) is 4.21. The van der Waals surface area contributed by atoms with Gasteiger partial charge in [-0.15, -0.1) is 0 Å². The molecule has 0 aliphatic carbocycles. The van der Waals surface area contributed by atoms with Gasteiger partial charge in [-0.05, 0) is 5.92 Å². The molecule has 1 heterocycles. The molecule has 0 unspecified atom stereocenters. The number of methoxy groups -OCH3 is 1. The molecule has 0 saturated heterocycles. The van der Waals surface area contributed by atoms with Crippen LogP contribution in [-0.4, -0.2) is 21.8 Å². The van der Waals surface area contributed by atoms with Gasteiger partial charge < -0.3 is 4.74 Å². The van der Waals surface area contributed by atoms with Crippen molar-refractivity contribution in [3.63, 3.8) is 0 Å². The summed E-state index contributed by atoms with van der Waals surface area (Å²) in [6, 6.07) is 0. The predicted octanol–water partition coefficient (Wildman–Crippen LogP) is 2.25. The van der Waals surface area contributed by atoms with Crippen LogP contribution >= 0.6 is 11.6 Å². The first-order chi connectivity index (χ1) is 7.47. The van der Waals surface area contributed by atoms with Crippen molar-refractivity contribution in [2.24, 2.45) is 5.92 Å². The maximum atomic E-state index is 10.8. The van der Waals surface area contributed by atoms with E-state index in [1.165, 1.54) is 11.8 Å². The second-order valence-electron chi connectivity index (χ2n) is 3.85. The summed E-state index contributed by atoms with van der Waals surface area (Å²) in [5.41, 5.74) is 0.0994. The maximum Gasteiger partial charge on any atom is 0.331 e. The lowest BCUT2D eigenvalue weighted by Gasteiger charge is -2.04. The topological polar surface area (TPSA) is 70.2 Å². The number of nitro groups is 1. The highest BCUT2D eigenvalue weighted by Crippen LogP contribution is 2.29. The van der Waals surface area contributed by atoms with Crippen LogP contribution in [-0.2, 0) is 17.9 Å². The molecule has 0 spiro atoms. The Hall–Kier alpha value is -1.14. The van der Waals surface area contributed by atoms with Gasteiger partial charge in [-0.25, -0.2) is 4.68 Å². The molecule has 0 amide bonds. The van der Waals surface area contributed by atoms with Gasteiger partial charge in [0.15, 0.2) is 5.69 Å². The first kappa shape index (κ1) is 12.9. The first-order valence-corrected chi connectivity index (χ1v) is 5.23. The molecule has 0 aromatic carbocycles. The number of ether oxygens (including phenoxy) is 1. The summed E-state index contributed by atoms with van der Waals surface area (Å²) < 4.78 is 6.30. The molecule has 0 fully saturated rings. The highest BCUT2D eigenvalue weighted by atomic mass is 35.5. The monoisotopic (exact) mass is 247 g/mol. The van der Waals surface area contributed by atoms with Crippen LogP contribution in [0.25, 0.3) is 0 Å². The lowest BCUT2D eigenvalue weighted by atomic mass is 10.2. The van der Waals surface area contributed by atoms with Gasteiger partial charge in [0, 0.05) is 13.7 Å². The van der Waals surface area contributed by atoms with E-state index in [1.807, 2.05) is 13.8 Å². The van der Waals surface area contributed by atoms with Crippen LogP contribution in [0.4, 0.5) is 5.69 Å². The average Bonchev–Trinajstić information content (AvgIpc) is 2.43. The van der Waals surface area contributed by atoms with E-state index in [1.54, 1.807) is 0 Å². The molecular formula is C9H14ClN3O3. The number of halogens is 1. The molecule has 0 aliphatic heterocycles. The molecule has 0 saturated carbocycles. The molecule has 0 bridgehead atoms. The van der Waals surface area contributed by atoms with Crippen molar-refractivity contribution in [3.05, 3.63) is 21.0 Å². The maximum absolute atomic E-state index is 10.8.